The fraction of sp³-hybridized carbons (Fsp3) is 0.174. The first-order valence-corrected chi connectivity index (χ1v) is 10.2. The van der Waals surface area contributed by atoms with Crippen molar-refractivity contribution in [1.29, 1.82) is 0 Å². The van der Waals surface area contributed by atoms with Crippen molar-refractivity contribution >= 4 is 46.6 Å². The highest BCUT2D eigenvalue weighted by atomic mass is 32.1. The molecule has 2 amide bonds. The second-order valence-corrected chi connectivity index (χ2v) is 7.55. The van der Waals surface area contributed by atoms with Gasteiger partial charge in [0.05, 0.1) is 17.4 Å². The number of fused-ring (bicyclic) bond motifs is 2. The zero-order chi connectivity index (χ0) is 21.3. The molecule has 1 aliphatic heterocycles. The summed E-state index contributed by atoms with van der Waals surface area (Å²) in [4.78, 5) is 31.6. The van der Waals surface area contributed by atoms with E-state index >= 15 is 0 Å². The highest BCUT2D eigenvalue weighted by Crippen LogP contribution is 2.26. The van der Waals surface area contributed by atoms with Crippen LogP contribution in [0.1, 0.15) is 11.1 Å². The topological polar surface area (TPSA) is 87.8 Å². The number of nitrogens with two attached hydrogens (primary N) is 1. The minimum absolute atomic E-state index is 0.180. The number of hydrogen-bond donors (Lipinski definition) is 3. The summed E-state index contributed by atoms with van der Waals surface area (Å²) in [5.41, 5.74) is 8.80. The van der Waals surface area contributed by atoms with E-state index in [-0.39, 0.29) is 11.7 Å². The van der Waals surface area contributed by atoms with E-state index in [0.29, 0.717) is 11.4 Å². The van der Waals surface area contributed by atoms with E-state index in [1.54, 1.807) is 0 Å². The number of para-hydroxylation sites is 1. The molecule has 0 aliphatic carbocycles. The summed E-state index contributed by atoms with van der Waals surface area (Å²) in [7, 11) is 1.54. The van der Waals surface area contributed by atoms with Gasteiger partial charge in [0.15, 0.2) is 0 Å². The fourth-order valence-corrected chi connectivity index (χ4v) is 3.69. The SMILES string of the molecule is CN(C(=O)[C@H](N)CS)C1N=C(c2ccc3ccccc3c2)c2ccccc2NC1=O. The molecule has 1 heterocycles. The molecule has 0 radical (unpaired) electrons. The Morgan fingerprint density at radius 1 is 1.13 bits per heavy atom. The van der Waals surface area contributed by atoms with E-state index in [9.17, 15) is 9.59 Å². The predicted molar refractivity (Wildman–Crippen MR) is 123 cm³/mol. The maximum atomic E-state index is 13.0. The summed E-state index contributed by atoms with van der Waals surface area (Å²) in [5.74, 6) is -0.600. The molecule has 152 valence electrons. The van der Waals surface area contributed by atoms with Gasteiger partial charge in [0, 0.05) is 23.9 Å². The number of hydrogen-bond acceptors (Lipinski definition) is 5. The third-order valence-corrected chi connectivity index (χ3v) is 5.57. The van der Waals surface area contributed by atoms with Crippen LogP contribution in [-0.2, 0) is 9.59 Å². The molecule has 0 bridgehead atoms. The van der Waals surface area contributed by atoms with Crippen LogP contribution in [0.15, 0.2) is 71.7 Å². The summed E-state index contributed by atoms with van der Waals surface area (Å²) in [5, 5.41) is 5.07. The molecule has 0 fully saturated rings. The lowest BCUT2D eigenvalue weighted by molar-refractivity contribution is -0.137. The molecule has 3 aromatic carbocycles. The van der Waals surface area contributed by atoms with Gasteiger partial charge < -0.3 is 16.0 Å². The van der Waals surface area contributed by atoms with E-state index < -0.39 is 18.1 Å². The van der Waals surface area contributed by atoms with Gasteiger partial charge in [-0.25, -0.2) is 4.99 Å². The van der Waals surface area contributed by atoms with E-state index in [2.05, 4.69) is 17.9 Å². The lowest BCUT2D eigenvalue weighted by Gasteiger charge is -2.25. The van der Waals surface area contributed by atoms with Crippen molar-refractivity contribution in [3.05, 3.63) is 77.9 Å². The van der Waals surface area contributed by atoms with Gasteiger partial charge >= 0.3 is 0 Å². The minimum Gasteiger partial charge on any atom is -0.322 e. The van der Waals surface area contributed by atoms with Gasteiger partial charge in [-0.1, -0.05) is 54.6 Å². The molecule has 2 atom stereocenters. The Balaban J connectivity index is 1.86. The number of aliphatic imine (C=N–C) groups is 1. The van der Waals surface area contributed by atoms with E-state index in [4.69, 9.17) is 10.7 Å². The van der Waals surface area contributed by atoms with Crippen LogP contribution >= 0.6 is 12.6 Å². The molecule has 1 aliphatic rings. The Morgan fingerprint density at radius 2 is 1.83 bits per heavy atom. The number of anilines is 1. The molecule has 3 aromatic rings. The Kier molecular flexibility index (Phi) is 5.57. The van der Waals surface area contributed by atoms with Gasteiger partial charge in [-0.2, -0.15) is 12.6 Å². The Bertz CT molecular complexity index is 1160. The molecule has 0 aromatic heterocycles. The predicted octanol–water partition coefficient (Wildman–Crippen LogP) is 2.67. The van der Waals surface area contributed by atoms with Crippen LogP contribution in [0, 0.1) is 0 Å². The maximum Gasteiger partial charge on any atom is 0.269 e. The molecule has 4 rings (SSSR count). The van der Waals surface area contributed by atoms with Gasteiger partial charge in [-0.3, -0.25) is 9.59 Å². The normalized spacial score (nSPS) is 16.8. The molecule has 0 saturated carbocycles. The van der Waals surface area contributed by atoms with Crippen LogP contribution in [0.4, 0.5) is 5.69 Å². The van der Waals surface area contributed by atoms with Crippen LogP contribution in [0.3, 0.4) is 0 Å². The van der Waals surface area contributed by atoms with Crippen molar-refractivity contribution in [3.8, 4) is 0 Å². The van der Waals surface area contributed by atoms with Crippen LogP contribution in [0.25, 0.3) is 10.8 Å². The van der Waals surface area contributed by atoms with E-state index in [1.807, 2.05) is 66.7 Å². The number of nitrogens with one attached hydrogen (secondary N) is 1. The number of thiol groups is 1. The summed E-state index contributed by atoms with van der Waals surface area (Å²) in [6, 6.07) is 20.8. The summed E-state index contributed by atoms with van der Waals surface area (Å²) in [6.07, 6.45) is -1.04. The Hall–Kier alpha value is -3.16. The molecule has 7 heteroatoms. The zero-order valence-electron chi connectivity index (χ0n) is 16.4. The number of likely N-dealkylation sites (N-methyl/N-ethyl adjacent to an activating group) is 1. The van der Waals surface area contributed by atoms with Crippen molar-refractivity contribution in [1.82, 2.24) is 4.90 Å². The Labute approximate surface area is 180 Å². The second kappa shape index (κ2) is 8.30. The van der Waals surface area contributed by atoms with Crippen molar-refractivity contribution in [2.75, 3.05) is 18.1 Å². The largest absolute Gasteiger partial charge is 0.322 e. The summed E-state index contributed by atoms with van der Waals surface area (Å²) < 4.78 is 0. The average Bonchev–Trinajstić information content (AvgIpc) is 2.93. The number of rotatable bonds is 4. The molecular weight excluding hydrogens is 396 g/mol. The fourth-order valence-electron chi connectivity index (χ4n) is 3.54. The number of carbonyl (C=O) groups is 2. The smallest absolute Gasteiger partial charge is 0.269 e. The minimum atomic E-state index is -1.04. The van der Waals surface area contributed by atoms with E-state index in [0.717, 1.165) is 21.9 Å². The first-order valence-electron chi connectivity index (χ1n) is 9.60. The van der Waals surface area contributed by atoms with Crippen molar-refractivity contribution in [2.45, 2.75) is 12.2 Å². The van der Waals surface area contributed by atoms with Gasteiger partial charge in [0.25, 0.3) is 5.91 Å². The zero-order valence-corrected chi connectivity index (χ0v) is 17.3. The number of carbonyl (C=O) groups excluding carboxylic acids is 2. The summed E-state index contributed by atoms with van der Waals surface area (Å²) >= 11 is 4.10. The van der Waals surface area contributed by atoms with Crippen LogP contribution in [0.2, 0.25) is 0 Å². The highest BCUT2D eigenvalue weighted by Gasteiger charge is 2.32. The molecule has 30 heavy (non-hydrogen) atoms. The quantitative estimate of drug-likeness (QED) is 0.569. The molecule has 6 nitrogen and oxygen atoms in total. The van der Waals surface area contributed by atoms with Crippen molar-refractivity contribution in [2.24, 2.45) is 10.7 Å². The lowest BCUT2D eigenvalue weighted by Crippen LogP contribution is -2.50. The van der Waals surface area contributed by atoms with Gasteiger partial charge in [-0.15, -0.1) is 0 Å². The van der Waals surface area contributed by atoms with Gasteiger partial charge in [0.2, 0.25) is 12.1 Å². The lowest BCUT2D eigenvalue weighted by atomic mass is 9.98. The monoisotopic (exact) mass is 418 g/mol. The summed E-state index contributed by atoms with van der Waals surface area (Å²) in [6.45, 7) is 0. The average molecular weight is 419 g/mol. The molecule has 1 unspecified atom stereocenters. The van der Waals surface area contributed by atoms with Crippen LogP contribution in [0.5, 0.6) is 0 Å². The first kappa shape index (κ1) is 20.1. The van der Waals surface area contributed by atoms with Crippen molar-refractivity contribution < 1.29 is 9.59 Å². The molecule has 3 N–H and O–H groups in total. The first-order chi connectivity index (χ1) is 14.5. The Morgan fingerprint density at radius 3 is 2.60 bits per heavy atom. The number of nitrogens with zero attached hydrogens (tertiary/aromatic N) is 2. The van der Waals surface area contributed by atoms with E-state index in [1.165, 1.54) is 11.9 Å². The number of benzodiazepines with no additional fused rings is 1. The number of amides is 2. The third-order valence-electron chi connectivity index (χ3n) is 5.18. The molecule has 0 saturated heterocycles. The third kappa shape index (κ3) is 3.69. The molecular formula is C23H22N4O2S. The second-order valence-electron chi connectivity index (χ2n) is 7.19. The standard InChI is InChI=1S/C23H22N4O2S/c1-27(23(29)18(24)13-30)21-22(28)25-19-9-5-4-8-17(19)20(26-21)16-11-10-14-6-2-3-7-15(14)12-16/h2-12,18,21,30H,13,24H2,1H3,(H,25,28)/t18-,21?/m1/s1. The maximum absolute atomic E-state index is 13.0. The molecule has 0 spiro atoms. The number of benzene rings is 3. The van der Waals surface area contributed by atoms with Crippen LogP contribution in [-0.4, -0.2) is 47.4 Å². The van der Waals surface area contributed by atoms with Crippen LogP contribution < -0.4 is 11.1 Å². The van der Waals surface area contributed by atoms with Gasteiger partial charge in [0.1, 0.15) is 0 Å². The van der Waals surface area contributed by atoms with Gasteiger partial charge in [-0.05, 0) is 22.9 Å². The van der Waals surface area contributed by atoms with Crippen molar-refractivity contribution in [3.63, 3.8) is 0 Å². The highest BCUT2D eigenvalue weighted by molar-refractivity contribution is 7.80.